The van der Waals surface area contributed by atoms with Crippen molar-refractivity contribution in [3.05, 3.63) is 46.7 Å². The summed E-state index contributed by atoms with van der Waals surface area (Å²) in [5, 5.41) is 13.9. The van der Waals surface area contributed by atoms with E-state index in [9.17, 15) is 4.79 Å². The number of fused-ring (bicyclic) bond motifs is 1. The molecule has 0 radical (unpaired) electrons. The number of rotatable bonds is 3. The molecule has 6 heteroatoms. The predicted molar refractivity (Wildman–Crippen MR) is 78.7 cm³/mol. The van der Waals surface area contributed by atoms with E-state index in [1.54, 1.807) is 29.1 Å². The molecule has 0 amide bonds. The van der Waals surface area contributed by atoms with Gasteiger partial charge in [0.1, 0.15) is 5.01 Å². The summed E-state index contributed by atoms with van der Waals surface area (Å²) in [6.45, 7) is 0. The zero-order chi connectivity index (χ0) is 14.1. The van der Waals surface area contributed by atoms with Gasteiger partial charge in [-0.15, -0.1) is 11.3 Å². The van der Waals surface area contributed by atoms with E-state index < -0.39 is 5.97 Å². The van der Waals surface area contributed by atoms with E-state index in [4.69, 9.17) is 5.11 Å². The Kier molecular flexibility index (Phi) is 3.08. The number of aromatic nitrogens is 3. The highest BCUT2D eigenvalue weighted by Crippen LogP contribution is 2.24. The van der Waals surface area contributed by atoms with Crippen LogP contribution in [0.15, 0.2) is 30.6 Å². The fourth-order valence-electron chi connectivity index (χ4n) is 1.84. The number of aromatic carboxylic acids is 1. The van der Waals surface area contributed by atoms with Crippen LogP contribution in [-0.2, 0) is 7.05 Å². The summed E-state index contributed by atoms with van der Waals surface area (Å²) >= 11 is 1.47. The first kappa shape index (κ1) is 12.6. The van der Waals surface area contributed by atoms with E-state index in [1.807, 2.05) is 25.4 Å². The van der Waals surface area contributed by atoms with Crippen molar-refractivity contribution < 1.29 is 9.90 Å². The lowest BCUT2D eigenvalue weighted by molar-refractivity contribution is 0.0697. The first-order chi connectivity index (χ1) is 9.61. The van der Waals surface area contributed by atoms with Gasteiger partial charge in [-0.3, -0.25) is 4.68 Å². The molecule has 0 unspecified atom stereocenters. The Morgan fingerprint density at radius 2 is 2.25 bits per heavy atom. The Morgan fingerprint density at radius 1 is 1.40 bits per heavy atom. The van der Waals surface area contributed by atoms with Crippen molar-refractivity contribution in [3.63, 3.8) is 0 Å². The maximum absolute atomic E-state index is 10.9. The SMILES string of the molecule is Cn1cc(C=Cc2nc3ccc(C(=O)O)cc3s2)cn1. The van der Waals surface area contributed by atoms with E-state index in [2.05, 4.69) is 10.1 Å². The molecule has 0 atom stereocenters. The third-order valence-corrected chi connectivity index (χ3v) is 3.78. The van der Waals surface area contributed by atoms with Crippen LogP contribution in [0.4, 0.5) is 0 Å². The summed E-state index contributed by atoms with van der Waals surface area (Å²) in [7, 11) is 1.86. The number of nitrogens with zero attached hydrogens (tertiary/aromatic N) is 3. The minimum atomic E-state index is -0.923. The molecule has 0 spiro atoms. The van der Waals surface area contributed by atoms with E-state index in [0.29, 0.717) is 0 Å². The molecule has 1 N–H and O–H groups in total. The van der Waals surface area contributed by atoms with Gasteiger partial charge in [-0.2, -0.15) is 5.10 Å². The number of thiazole rings is 1. The number of benzene rings is 1. The minimum absolute atomic E-state index is 0.281. The van der Waals surface area contributed by atoms with Gasteiger partial charge in [0.2, 0.25) is 0 Å². The molecule has 0 aliphatic carbocycles. The monoisotopic (exact) mass is 285 g/mol. The number of carboxylic acids is 1. The van der Waals surface area contributed by atoms with Crippen LogP contribution in [0.1, 0.15) is 20.9 Å². The molecule has 0 aliphatic rings. The molecule has 0 saturated carbocycles. The average Bonchev–Trinajstić information content (AvgIpc) is 3.00. The van der Waals surface area contributed by atoms with Gasteiger partial charge in [0, 0.05) is 18.8 Å². The van der Waals surface area contributed by atoms with Crippen LogP contribution in [0.2, 0.25) is 0 Å². The predicted octanol–water partition coefficient (Wildman–Crippen LogP) is 2.90. The smallest absolute Gasteiger partial charge is 0.335 e. The van der Waals surface area contributed by atoms with Gasteiger partial charge >= 0.3 is 5.97 Å². The van der Waals surface area contributed by atoms with Gasteiger partial charge in [-0.05, 0) is 30.4 Å². The normalized spacial score (nSPS) is 11.4. The minimum Gasteiger partial charge on any atom is -0.478 e. The highest BCUT2D eigenvalue weighted by atomic mass is 32.1. The first-order valence-corrected chi connectivity index (χ1v) is 6.74. The van der Waals surface area contributed by atoms with Crippen LogP contribution in [0.5, 0.6) is 0 Å². The Balaban J connectivity index is 1.92. The highest BCUT2D eigenvalue weighted by Gasteiger charge is 2.06. The van der Waals surface area contributed by atoms with E-state index >= 15 is 0 Å². The summed E-state index contributed by atoms with van der Waals surface area (Å²) in [6.07, 6.45) is 7.52. The Labute approximate surface area is 118 Å². The lowest BCUT2D eigenvalue weighted by atomic mass is 10.2. The second-order valence-corrected chi connectivity index (χ2v) is 5.38. The fourth-order valence-corrected chi connectivity index (χ4v) is 2.75. The van der Waals surface area contributed by atoms with Crippen LogP contribution < -0.4 is 0 Å². The summed E-state index contributed by atoms with van der Waals surface area (Å²) in [6, 6.07) is 4.95. The summed E-state index contributed by atoms with van der Waals surface area (Å²) in [5.41, 5.74) is 2.09. The molecule has 0 saturated heterocycles. The molecule has 100 valence electrons. The molecule has 2 heterocycles. The molecule has 3 aromatic rings. The molecule has 5 nitrogen and oxygen atoms in total. The average molecular weight is 285 g/mol. The van der Waals surface area contributed by atoms with Crippen molar-refractivity contribution in [3.8, 4) is 0 Å². The molecule has 0 aliphatic heterocycles. The van der Waals surface area contributed by atoms with Gasteiger partial charge < -0.3 is 5.11 Å². The van der Waals surface area contributed by atoms with E-state index in [-0.39, 0.29) is 5.56 Å². The Bertz CT molecular complexity index is 817. The maximum atomic E-state index is 10.9. The number of carbonyl (C=O) groups is 1. The van der Waals surface area contributed by atoms with Gasteiger partial charge in [-0.1, -0.05) is 0 Å². The lowest BCUT2D eigenvalue weighted by Gasteiger charge is -1.91. The van der Waals surface area contributed by atoms with Gasteiger partial charge in [0.15, 0.2) is 0 Å². The largest absolute Gasteiger partial charge is 0.478 e. The topological polar surface area (TPSA) is 68.0 Å². The molecule has 0 fully saturated rings. The molecule has 20 heavy (non-hydrogen) atoms. The molecule has 1 aromatic carbocycles. The number of hydrogen-bond donors (Lipinski definition) is 1. The number of carboxylic acid groups (broad SMARTS) is 1. The van der Waals surface area contributed by atoms with Gasteiger partial charge in [-0.25, -0.2) is 9.78 Å². The molecule has 3 rings (SSSR count). The van der Waals surface area contributed by atoms with Crippen molar-refractivity contribution in [2.45, 2.75) is 0 Å². The van der Waals surface area contributed by atoms with Crippen molar-refractivity contribution in [1.29, 1.82) is 0 Å². The second kappa shape index (κ2) is 4.90. The molecule has 2 aromatic heterocycles. The second-order valence-electron chi connectivity index (χ2n) is 4.32. The Hall–Kier alpha value is -2.47. The standard InChI is InChI=1S/C14H11N3O2S/c1-17-8-9(7-15-17)2-5-13-16-11-4-3-10(14(18)19)6-12(11)20-13/h2-8H,1H3,(H,18,19). The number of hydrogen-bond acceptors (Lipinski definition) is 4. The fraction of sp³-hybridized carbons (Fsp3) is 0.0714. The Morgan fingerprint density at radius 3 is 2.95 bits per heavy atom. The van der Waals surface area contributed by atoms with Crippen LogP contribution in [0.25, 0.3) is 22.4 Å². The van der Waals surface area contributed by atoms with Crippen LogP contribution >= 0.6 is 11.3 Å². The zero-order valence-electron chi connectivity index (χ0n) is 10.6. The molecule has 0 bridgehead atoms. The molecular formula is C14H11N3O2S. The quantitative estimate of drug-likeness (QED) is 0.803. The van der Waals surface area contributed by atoms with Crippen LogP contribution in [0, 0.1) is 0 Å². The van der Waals surface area contributed by atoms with E-state index in [1.165, 1.54) is 11.3 Å². The summed E-state index contributed by atoms with van der Waals surface area (Å²) in [5.74, 6) is -0.923. The van der Waals surface area contributed by atoms with Crippen molar-refractivity contribution in [2.75, 3.05) is 0 Å². The summed E-state index contributed by atoms with van der Waals surface area (Å²) < 4.78 is 2.60. The first-order valence-electron chi connectivity index (χ1n) is 5.92. The van der Waals surface area contributed by atoms with Gasteiger partial charge in [0.05, 0.1) is 22.0 Å². The third kappa shape index (κ3) is 2.46. The zero-order valence-corrected chi connectivity index (χ0v) is 11.5. The third-order valence-electron chi connectivity index (χ3n) is 2.80. The van der Waals surface area contributed by atoms with Crippen molar-refractivity contribution in [1.82, 2.24) is 14.8 Å². The van der Waals surface area contributed by atoms with Crippen LogP contribution in [0.3, 0.4) is 0 Å². The maximum Gasteiger partial charge on any atom is 0.335 e. The lowest BCUT2D eigenvalue weighted by Crippen LogP contribution is -1.94. The van der Waals surface area contributed by atoms with Gasteiger partial charge in [0.25, 0.3) is 0 Å². The van der Waals surface area contributed by atoms with Crippen LogP contribution in [-0.4, -0.2) is 25.8 Å². The van der Waals surface area contributed by atoms with E-state index in [0.717, 1.165) is 20.8 Å². The number of aryl methyl sites for hydroxylation is 1. The van der Waals surface area contributed by atoms with Crippen molar-refractivity contribution in [2.24, 2.45) is 7.05 Å². The van der Waals surface area contributed by atoms with Crippen molar-refractivity contribution >= 4 is 39.7 Å². The highest BCUT2D eigenvalue weighted by molar-refractivity contribution is 7.19. The summed E-state index contributed by atoms with van der Waals surface area (Å²) in [4.78, 5) is 15.4. The molecular weight excluding hydrogens is 274 g/mol.